The third-order valence-corrected chi connectivity index (χ3v) is 6.47. The summed E-state index contributed by atoms with van der Waals surface area (Å²) in [6.07, 6.45) is 4.09. The Labute approximate surface area is 175 Å². The van der Waals surface area contributed by atoms with Gasteiger partial charge < -0.3 is 15.1 Å². The SMILES string of the molecule is O=C(CCC(=O)N1CCSc2ccccc21)NC1CCN(c2ccccn2)CC1. The number of para-hydroxylation sites is 1. The molecular weight excluding hydrogens is 384 g/mol. The minimum Gasteiger partial charge on any atom is -0.356 e. The zero-order valence-electron chi connectivity index (χ0n) is 16.4. The molecule has 152 valence electrons. The number of carbonyl (C=O) groups excluding carboxylic acids is 2. The van der Waals surface area contributed by atoms with E-state index in [4.69, 9.17) is 0 Å². The van der Waals surface area contributed by atoms with Crippen molar-refractivity contribution in [3.05, 3.63) is 48.7 Å². The minimum atomic E-state index is -0.0331. The number of benzene rings is 1. The zero-order chi connectivity index (χ0) is 20.1. The molecule has 1 N–H and O–H groups in total. The Morgan fingerprint density at radius 2 is 1.83 bits per heavy atom. The van der Waals surface area contributed by atoms with Crippen molar-refractivity contribution in [2.75, 3.05) is 35.2 Å². The molecule has 0 atom stereocenters. The van der Waals surface area contributed by atoms with E-state index in [0.29, 0.717) is 6.54 Å². The van der Waals surface area contributed by atoms with Crippen molar-refractivity contribution in [1.82, 2.24) is 10.3 Å². The molecule has 0 saturated carbocycles. The normalized spacial score (nSPS) is 17.0. The van der Waals surface area contributed by atoms with Crippen LogP contribution in [0.25, 0.3) is 0 Å². The van der Waals surface area contributed by atoms with Crippen LogP contribution in [-0.4, -0.2) is 48.2 Å². The maximum atomic E-state index is 12.7. The van der Waals surface area contributed by atoms with Crippen LogP contribution in [0.15, 0.2) is 53.6 Å². The Kier molecular flexibility index (Phi) is 6.34. The highest BCUT2D eigenvalue weighted by Gasteiger charge is 2.24. The van der Waals surface area contributed by atoms with Gasteiger partial charge in [-0.3, -0.25) is 9.59 Å². The summed E-state index contributed by atoms with van der Waals surface area (Å²) in [4.78, 5) is 34.7. The quantitative estimate of drug-likeness (QED) is 0.821. The molecule has 1 aromatic carbocycles. The first-order chi connectivity index (χ1) is 14.2. The first kappa shape index (κ1) is 19.8. The average molecular weight is 411 g/mol. The summed E-state index contributed by atoms with van der Waals surface area (Å²) in [5.41, 5.74) is 0.969. The predicted molar refractivity (Wildman–Crippen MR) is 116 cm³/mol. The Balaban J connectivity index is 1.22. The van der Waals surface area contributed by atoms with Crippen LogP contribution in [0.4, 0.5) is 11.5 Å². The smallest absolute Gasteiger partial charge is 0.227 e. The highest BCUT2D eigenvalue weighted by Crippen LogP contribution is 2.34. The van der Waals surface area contributed by atoms with E-state index >= 15 is 0 Å². The maximum absolute atomic E-state index is 12.7. The van der Waals surface area contributed by atoms with Gasteiger partial charge in [-0.2, -0.15) is 0 Å². The fourth-order valence-corrected chi connectivity index (χ4v) is 4.87. The van der Waals surface area contributed by atoms with Gasteiger partial charge in [0.25, 0.3) is 0 Å². The lowest BCUT2D eigenvalue weighted by molar-refractivity contribution is -0.125. The second-order valence-corrected chi connectivity index (χ2v) is 8.52. The molecule has 3 heterocycles. The van der Waals surface area contributed by atoms with Gasteiger partial charge in [-0.1, -0.05) is 18.2 Å². The van der Waals surface area contributed by atoms with E-state index in [-0.39, 0.29) is 30.7 Å². The van der Waals surface area contributed by atoms with Crippen LogP contribution in [0.3, 0.4) is 0 Å². The molecule has 1 fully saturated rings. The number of thioether (sulfide) groups is 1. The van der Waals surface area contributed by atoms with Crippen LogP contribution in [0.2, 0.25) is 0 Å². The number of hydrogen-bond acceptors (Lipinski definition) is 5. The molecule has 4 rings (SSSR count). The molecule has 1 saturated heterocycles. The summed E-state index contributed by atoms with van der Waals surface area (Å²) >= 11 is 1.77. The average Bonchev–Trinajstić information content (AvgIpc) is 2.78. The largest absolute Gasteiger partial charge is 0.356 e. The molecule has 0 bridgehead atoms. The first-order valence-electron chi connectivity index (χ1n) is 10.2. The summed E-state index contributed by atoms with van der Waals surface area (Å²) < 4.78 is 0. The second kappa shape index (κ2) is 9.31. The summed E-state index contributed by atoms with van der Waals surface area (Å²) in [7, 11) is 0. The van der Waals surface area contributed by atoms with Crippen LogP contribution in [0, 0.1) is 0 Å². The predicted octanol–water partition coefficient (Wildman–Crippen LogP) is 3.09. The van der Waals surface area contributed by atoms with Gasteiger partial charge in [0.2, 0.25) is 11.8 Å². The minimum absolute atomic E-state index is 0.0258. The third kappa shape index (κ3) is 4.90. The number of piperidine rings is 1. The van der Waals surface area contributed by atoms with Crippen LogP contribution in [-0.2, 0) is 9.59 Å². The Bertz CT molecular complexity index is 853. The number of carbonyl (C=O) groups is 2. The van der Waals surface area contributed by atoms with Crippen LogP contribution >= 0.6 is 11.8 Å². The summed E-state index contributed by atoms with van der Waals surface area (Å²) in [6.45, 7) is 2.46. The molecule has 2 aliphatic rings. The van der Waals surface area contributed by atoms with Gasteiger partial charge >= 0.3 is 0 Å². The lowest BCUT2D eigenvalue weighted by Gasteiger charge is -2.33. The monoisotopic (exact) mass is 410 g/mol. The third-order valence-electron chi connectivity index (χ3n) is 5.43. The van der Waals surface area contributed by atoms with E-state index in [0.717, 1.165) is 48.1 Å². The summed E-state index contributed by atoms with van der Waals surface area (Å²) in [5, 5.41) is 3.11. The van der Waals surface area contributed by atoms with E-state index in [1.165, 1.54) is 0 Å². The standard InChI is InChI=1S/C22H26N4O2S/c27-21(24-17-10-13-25(14-11-17)20-7-3-4-12-23-20)8-9-22(28)26-15-16-29-19-6-2-1-5-18(19)26/h1-7,12,17H,8-11,13-16H2,(H,24,27). The molecule has 1 aromatic heterocycles. The van der Waals surface area contributed by atoms with Crippen molar-refractivity contribution in [1.29, 1.82) is 0 Å². The fraction of sp³-hybridized carbons (Fsp3) is 0.409. The van der Waals surface area contributed by atoms with Gasteiger partial charge in [0.05, 0.1) is 5.69 Å². The lowest BCUT2D eigenvalue weighted by atomic mass is 10.0. The van der Waals surface area contributed by atoms with Crippen LogP contribution < -0.4 is 15.1 Å². The molecule has 6 nitrogen and oxygen atoms in total. The highest BCUT2D eigenvalue weighted by atomic mass is 32.2. The van der Waals surface area contributed by atoms with Gasteiger partial charge in [0.1, 0.15) is 5.82 Å². The van der Waals surface area contributed by atoms with Crippen molar-refractivity contribution in [3.8, 4) is 0 Å². The van der Waals surface area contributed by atoms with Crippen LogP contribution in [0.1, 0.15) is 25.7 Å². The van der Waals surface area contributed by atoms with E-state index in [1.807, 2.05) is 47.4 Å². The fourth-order valence-electron chi connectivity index (χ4n) is 3.88. The summed E-state index contributed by atoms with van der Waals surface area (Å²) in [6, 6.07) is 14.1. The van der Waals surface area contributed by atoms with Crippen LogP contribution in [0.5, 0.6) is 0 Å². The molecule has 2 aromatic rings. The number of nitrogens with zero attached hydrogens (tertiary/aromatic N) is 3. The van der Waals surface area contributed by atoms with Crippen molar-refractivity contribution >= 4 is 35.1 Å². The molecule has 29 heavy (non-hydrogen) atoms. The number of anilines is 2. The van der Waals surface area contributed by atoms with E-state index in [2.05, 4.69) is 15.2 Å². The topological polar surface area (TPSA) is 65.5 Å². The number of pyridine rings is 1. The molecular formula is C22H26N4O2S. The molecule has 2 aliphatic heterocycles. The van der Waals surface area contributed by atoms with Crippen molar-refractivity contribution < 1.29 is 9.59 Å². The van der Waals surface area contributed by atoms with Gasteiger partial charge in [0, 0.05) is 55.4 Å². The first-order valence-corrected chi connectivity index (χ1v) is 11.2. The number of hydrogen-bond donors (Lipinski definition) is 1. The molecule has 0 spiro atoms. The van der Waals surface area contributed by atoms with Crippen molar-refractivity contribution in [3.63, 3.8) is 0 Å². The number of fused-ring (bicyclic) bond motifs is 1. The number of nitrogens with one attached hydrogen (secondary N) is 1. The Morgan fingerprint density at radius 1 is 1.03 bits per heavy atom. The number of amides is 2. The molecule has 7 heteroatoms. The van der Waals surface area contributed by atoms with Gasteiger partial charge in [-0.15, -0.1) is 11.8 Å². The number of aromatic nitrogens is 1. The maximum Gasteiger partial charge on any atom is 0.227 e. The van der Waals surface area contributed by atoms with Gasteiger partial charge in [-0.25, -0.2) is 4.98 Å². The number of rotatable bonds is 5. The van der Waals surface area contributed by atoms with E-state index < -0.39 is 0 Å². The molecule has 2 amide bonds. The lowest BCUT2D eigenvalue weighted by Crippen LogP contribution is -2.45. The summed E-state index contributed by atoms with van der Waals surface area (Å²) in [5.74, 6) is 1.87. The Morgan fingerprint density at radius 3 is 2.62 bits per heavy atom. The molecule has 0 unspecified atom stereocenters. The van der Waals surface area contributed by atoms with E-state index in [9.17, 15) is 9.59 Å². The van der Waals surface area contributed by atoms with Crippen molar-refractivity contribution in [2.24, 2.45) is 0 Å². The van der Waals surface area contributed by atoms with Crippen molar-refractivity contribution in [2.45, 2.75) is 36.6 Å². The Hall–Kier alpha value is -2.54. The highest BCUT2D eigenvalue weighted by molar-refractivity contribution is 7.99. The second-order valence-electron chi connectivity index (χ2n) is 7.38. The van der Waals surface area contributed by atoms with Gasteiger partial charge in [-0.05, 0) is 37.1 Å². The zero-order valence-corrected chi connectivity index (χ0v) is 17.2. The van der Waals surface area contributed by atoms with E-state index in [1.54, 1.807) is 18.0 Å². The molecule has 0 radical (unpaired) electrons. The van der Waals surface area contributed by atoms with Gasteiger partial charge in [0.15, 0.2) is 0 Å². The molecule has 0 aliphatic carbocycles.